The molecule has 1 aliphatic heterocycles. The first-order valence-corrected chi connectivity index (χ1v) is 18.7. The normalized spacial score (nSPS) is 22.9. The number of carbonyl (C=O) groups is 3. The molecule has 1 saturated heterocycles. The molecule has 0 unspecified atom stereocenters. The van der Waals surface area contributed by atoms with Gasteiger partial charge in [0, 0.05) is 19.6 Å². The van der Waals surface area contributed by atoms with Crippen molar-refractivity contribution in [2.24, 2.45) is 0 Å². The van der Waals surface area contributed by atoms with Gasteiger partial charge in [-0.15, -0.1) is 0 Å². The van der Waals surface area contributed by atoms with Gasteiger partial charge in [-0.05, 0) is 66.0 Å². The highest BCUT2D eigenvalue weighted by atomic mass is 35.5. The lowest BCUT2D eigenvalue weighted by atomic mass is 10.1. The van der Waals surface area contributed by atoms with Crippen LogP contribution in [-0.4, -0.2) is 121 Å². The van der Waals surface area contributed by atoms with E-state index in [2.05, 4.69) is 30.4 Å². The fourth-order valence-electron chi connectivity index (χ4n) is 5.76. The molecule has 49 heavy (non-hydrogen) atoms. The highest BCUT2D eigenvalue weighted by Gasteiger charge is 2.45. The molecule has 1 aliphatic carbocycles. The standard InChI is InChI=1S/C30H48ClN8O9P/c1-15(2)46-28(43)17(5)36-49(45,37-18(6)29(44)47-16(3)4)13-21(40)38(7)12-20-23(41)24(42)27(48-20)39-14-32-22-25(33-19-10-8-9-11-19)34-30(31)35-26(22)39/h14-20,23-24,27,41-42H,8-13H2,1-7H3,(H,33,34,35)(H2,36,37,45)/t17-,18-,20+,23+,24+,27+/m0/s1. The van der Waals surface area contributed by atoms with Gasteiger partial charge in [0.15, 0.2) is 23.2 Å². The van der Waals surface area contributed by atoms with Gasteiger partial charge in [0.2, 0.25) is 18.6 Å². The predicted octanol–water partition coefficient (Wildman–Crippen LogP) is 1.96. The largest absolute Gasteiger partial charge is 0.462 e. The van der Waals surface area contributed by atoms with E-state index in [0.717, 1.165) is 25.7 Å². The number of aliphatic hydroxyl groups is 2. The maximum atomic E-state index is 14.1. The van der Waals surface area contributed by atoms with Gasteiger partial charge < -0.3 is 34.6 Å². The summed E-state index contributed by atoms with van der Waals surface area (Å²) in [7, 11) is -2.59. The van der Waals surface area contributed by atoms with Crippen LogP contribution in [0, 0.1) is 0 Å². The molecule has 4 rings (SSSR count). The van der Waals surface area contributed by atoms with Crippen LogP contribution in [0.15, 0.2) is 6.33 Å². The molecule has 274 valence electrons. The van der Waals surface area contributed by atoms with Crippen molar-refractivity contribution in [3.63, 3.8) is 0 Å². The summed E-state index contributed by atoms with van der Waals surface area (Å²) in [4.78, 5) is 52.8. The molecule has 17 nitrogen and oxygen atoms in total. The molecule has 2 aliphatic rings. The van der Waals surface area contributed by atoms with E-state index in [-0.39, 0.29) is 23.5 Å². The fraction of sp³-hybridized carbons (Fsp3) is 0.733. The minimum absolute atomic E-state index is 0.0325. The number of amides is 1. The first kappa shape index (κ1) is 38.9. The van der Waals surface area contributed by atoms with Crippen molar-refractivity contribution in [3.8, 4) is 0 Å². The molecule has 0 radical (unpaired) electrons. The van der Waals surface area contributed by atoms with Crippen LogP contribution in [0.25, 0.3) is 11.2 Å². The molecular weight excluding hydrogens is 683 g/mol. The molecule has 5 N–H and O–H groups in total. The van der Waals surface area contributed by atoms with Crippen LogP contribution in [0.4, 0.5) is 5.82 Å². The second-order valence-corrected chi connectivity index (χ2v) is 15.8. The molecule has 3 heterocycles. The average molecular weight is 731 g/mol. The number of halogens is 1. The van der Waals surface area contributed by atoms with E-state index < -0.39 is 80.3 Å². The van der Waals surface area contributed by atoms with E-state index in [4.69, 9.17) is 25.8 Å². The van der Waals surface area contributed by atoms with Gasteiger partial charge in [0.05, 0.1) is 18.5 Å². The molecule has 2 aromatic rings. The zero-order chi connectivity index (χ0) is 36.2. The van der Waals surface area contributed by atoms with Crippen molar-refractivity contribution in [2.45, 2.75) is 122 Å². The monoisotopic (exact) mass is 730 g/mol. The van der Waals surface area contributed by atoms with E-state index in [0.29, 0.717) is 11.3 Å². The molecule has 19 heteroatoms. The van der Waals surface area contributed by atoms with Crippen LogP contribution in [0.2, 0.25) is 5.28 Å². The Kier molecular flexibility index (Phi) is 13.0. The van der Waals surface area contributed by atoms with Crippen molar-refractivity contribution < 1.29 is 43.4 Å². The van der Waals surface area contributed by atoms with Gasteiger partial charge in [-0.25, -0.2) is 15.2 Å². The lowest BCUT2D eigenvalue weighted by Crippen LogP contribution is -2.46. The van der Waals surface area contributed by atoms with E-state index >= 15 is 0 Å². The van der Waals surface area contributed by atoms with Crippen LogP contribution in [0.1, 0.15) is 73.5 Å². The minimum Gasteiger partial charge on any atom is -0.462 e. The number of anilines is 1. The number of esters is 2. The third-order valence-corrected chi connectivity index (χ3v) is 10.6. The maximum Gasteiger partial charge on any atom is 0.323 e. The van der Waals surface area contributed by atoms with E-state index in [1.54, 1.807) is 27.7 Å². The molecule has 1 amide bonds. The van der Waals surface area contributed by atoms with Crippen molar-refractivity contribution in [2.75, 3.05) is 25.1 Å². The summed E-state index contributed by atoms with van der Waals surface area (Å²) in [6.45, 7) is 9.30. The number of rotatable bonds is 15. The van der Waals surface area contributed by atoms with Gasteiger partial charge in [-0.3, -0.25) is 23.5 Å². The summed E-state index contributed by atoms with van der Waals surface area (Å²) in [6, 6.07) is -1.97. The molecule has 0 spiro atoms. The molecule has 6 atom stereocenters. The summed E-state index contributed by atoms with van der Waals surface area (Å²) in [6.07, 6.45) is -0.978. The van der Waals surface area contributed by atoms with Crippen LogP contribution in [0.3, 0.4) is 0 Å². The van der Waals surface area contributed by atoms with Crippen molar-refractivity contribution in [3.05, 3.63) is 11.6 Å². The van der Waals surface area contributed by atoms with Crippen LogP contribution in [-0.2, 0) is 33.2 Å². The van der Waals surface area contributed by atoms with Crippen LogP contribution < -0.4 is 15.5 Å². The Bertz CT molecular complexity index is 1500. The second kappa shape index (κ2) is 16.4. The lowest BCUT2D eigenvalue weighted by Gasteiger charge is -2.29. The fourth-order valence-corrected chi connectivity index (χ4v) is 8.27. The number of likely N-dealkylation sites (N-methyl/N-ethyl adjacent to an activating group) is 1. The molecule has 1 saturated carbocycles. The van der Waals surface area contributed by atoms with E-state index in [9.17, 15) is 29.2 Å². The van der Waals surface area contributed by atoms with Crippen LogP contribution >= 0.6 is 19.0 Å². The number of hydrogen-bond donors (Lipinski definition) is 5. The third kappa shape index (κ3) is 9.87. The first-order valence-electron chi connectivity index (χ1n) is 16.5. The Labute approximate surface area is 290 Å². The Morgan fingerprint density at radius 2 is 1.59 bits per heavy atom. The summed E-state index contributed by atoms with van der Waals surface area (Å²) in [5.41, 5.74) is 0.709. The second-order valence-electron chi connectivity index (χ2n) is 13.2. The quantitative estimate of drug-likeness (QED) is 0.100. The number of carbonyl (C=O) groups excluding carboxylic acids is 3. The smallest absolute Gasteiger partial charge is 0.323 e. The van der Waals surface area contributed by atoms with Gasteiger partial charge in [-0.1, -0.05) is 12.8 Å². The lowest BCUT2D eigenvalue weighted by molar-refractivity contribution is -0.149. The summed E-state index contributed by atoms with van der Waals surface area (Å²) >= 11 is 6.25. The van der Waals surface area contributed by atoms with E-state index in [1.807, 2.05) is 0 Å². The number of aliphatic hydroxyl groups excluding tert-OH is 2. The maximum absolute atomic E-state index is 14.1. The zero-order valence-corrected chi connectivity index (χ0v) is 30.5. The number of aromatic nitrogens is 4. The van der Waals surface area contributed by atoms with Gasteiger partial charge >= 0.3 is 11.9 Å². The van der Waals surface area contributed by atoms with Gasteiger partial charge in [-0.2, -0.15) is 9.97 Å². The molecule has 0 aromatic carbocycles. The summed E-state index contributed by atoms with van der Waals surface area (Å²) < 4.78 is 32.1. The zero-order valence-electron chi connectivity index (χ0n) is 28.8. The Morgan fingerprint density at radius 3 is 2.14 bits per heavy atom. The average Bonchev–Trinajstić information content (AvgIpc) is 3.73. The van der Waals surface area contributed by atoms with Crippen molar-refractivity contribution in [1.29, 1.82) is 0 Å². The topological polar surface area (TPSA) is 219 Å². The first-order chi connectivity index (χ1) is 23.0. The highest BCUT2D eigenvalue weighted by Crippen LogP contribution is 2.39. The Balaban J connectivity index is 1.47. The number of nitrogens with one attached hydrogen (secondary N) is 3. The molecule has 2 aromatic heterocycles. The summed E-state index contributed by atoms with van der Waals surface area (Å²) in [5.74, 6) is -1.60. The van der Waals surface area contributed by atoms with E-state index in [1.165, 1.54) is 36.7 Å². The molecule has 0 bridgehead atoms. The number of nitrogens with zero attached hydrogens (tertiary/aromatic N) is 5. The number of imidazole rings is 1. The third-order valence-electron chi connectivity index (χ3n) is 8.15. The molecule has 2 fully saturated rings. The SMILES string of the molecule is CC(C)OC(=O)[C@H](C)NP(=O)(CC(=O)N(C)C[C@H]1O[C@@H](n2cnc3c(NC4CCCC4)nc(Cl)nc32)[C@H](O)[C@@H]1O)N[C@@H](C)C(=O)OC(C)C. The predicted molar refractivity (Wildman–Crippen MR) is 180 cm³/mol. The van der Waals surface area contributed by atoms with Gasteiger partial charge in [0.1, 0.15) is 36.6 Å². The van der Waals surface area contributed by atoms with Gasteiger partial charge in [0.25, 0.3) is 0 Å². The number of hydrogen-bond acceptors (Lipinski definition) is 13. The highest BCUT2D eigenvalue weighted by molar-refractivity contribution is 7.60. The number of fused-ring (bicyclic) bond motifs is 1. The van der Waals surface area contributed by atoms with Crippen LogP contribution in [0.5, 0.6) is 0 Å². The minimum atomic E-state index is -4.00. The summed E-state index contributed by atoms with van der Waals surface area (Å²) in [5, 5.41) is 30.7. The Hall–Kier alpha value is -2.92. The molecular formula is C30H48ClN8O9P. The Morgan fingerprint density at radius 1 is 1.02 bits per heavy atom. The number of ether oxygens (including phenoxy) is 3. The van der Waals surface area contributed by atoms with Crippen molar-refractivity contribution in [1.82, 2.24) is 34.6 Å². The van der Waals surface area contributed by atoms with Crippen molar-refractivity contribution >= 4 is 53.9 Å².